The van der Waals surface area contributed by atoms with Gasteiger partial charge in [-0.15, -0.1) is 0 Å². The maximum absolute atomic E-state index is 12.9. The molecule has 5 heteroatoms. The Bertz CT molecular complexity index is 1040. The molecule has 0 saturated carbocycles. The molecule has 1 spiro atoms. The number of carbonyl (C=O) groups excluding carboxylic acids is 1. The van der Waals surface area contributed by atoms with Crippen LogP contribution in [0.15, 0.2) is 60.7 Å². The molecule has 2 heterocycles. The van der Waals surface area contributed by atoms with Crippen molar-refractivity contribution in [3.8, 4) is 17.2 Å². The standard InChI is InChI=1S/C21H16N2O3/c1-12-6-8-16-18(10-12)26-19-11-13(24)7-9-17(19)21(16)15-5-3-2-4-14(15)20(25)23(21)22/h2-11,24H,22H2,1H3. The average molecular weight is 344 g/mol. The van der Waals surface area contributed by atoms with E-state index >= 15 is 0 Å². The van der Waals surface area contributed by atoms with Crippen molar-refractivity contribution in [3.63, 3.8) is 0 Å². The van der Waals surface area contributed by atoms with Crippen molar-refractivity contribution in [2.45, 2.75) is 12.5 Å². The molecule has 5 nitrogen and oxygen atoms in total. The van der Waals surface area contributed by atoms with Gasteiger partial charge in [0.05, 0.1) is 0 Å². The van der Waals surface area contributed by atoms with Crippen LogP contribution in [0.5, 0.6) is 17.2 Å². The van der Waals surface area contributed by atoms with E-state index in [1.807, 2.05) is 43.3 Å². The number of amides is 1. The van der Waals surface area contributed by atoms with Gasteiger partial charge in [0.1, 0.15) is 22.8 Å². The number of aryl methyl sites for hydroxylation is 1. The minimum absolute atomic E-state index is 0.0937. The fraction of sp³-hybridized carbons (Fsp3) is 0.0952. The third-order valence-corrected chi connectivity index (χ3v) is 5.23. The third-order valence-electron chi connectivity index (χ3n) is 5.23. The van der Waals surface area contributed by atoms with Crippen LogP contribution in [0.1, 0.15) is 32.6 Å². The number of nitrogens with two attached hydrogens (primary N) is 1. The molecule has 2 aliphatic rings. The van der Waals surface area contributed by atoms with Crippen molar-refractivity contribution < 1.29 is 14.6 Å². The third kappa shape index (κ3) is 1.65. The highest BCUT2D eigenvalue weighted by molar-refractivity contribution is 6.01. The monoisotopic (exact) mass is 344 g/mol. The van der Waals surface area contributed by atoms with Gasteiger partial charge in [-0.25, -0.2) is 5.84 Å². The lowest BCUT2D eigenvalue weighted by atomic mass is 9.75. The second-order valence-electron chi connectivity index (χ2n) is 6.71. The highest BCUT2D eigenvalue weighted by Gasteiger charge is 2.55. The van der Waals surface area contributed by atoms with E-state index in [2.05, 4.69) is 0 Å². The van der Waals surface area contributed by atoms with Gasteiger partial charge in [-0.1, -0.05) is 30.3 Å². The molecule has 2 aliphatic heterocycles. The summed E-state index contributed by atoms with van der Waals surface area (Å²) in [6.07, 6.45) is 0. The van der Waals surface area contributed by atoms with E-state index in [9.17, 15) is 9.90 Å². The van der Waals surface area contributed by atoms with Crippen molar-refractivity contribution in [1.29, 1.82) is 0 Å². The van der Waals surface area contributed by atoms with Gasteiger partial charge in [0, 0.05) is 28.3 Å². The van der Waals surface area contributed by atoms with E-state index in [1.165, 1.54) is 5.01 Å². The number of hydrazine groups is 1. The quantitative estimate of drug-likeness (QED) is 0.484. The van der Waals surface area contributed by atoms with Gasteiger partial charge in [-0.05, 0) is 36.8 Å². The molecule has 0 aromatic heterocycles. The van der Waals surface area contributed by atoms with Crippen molar-refractivity contribution in [2.75, 3.05) is 0 Å². The van der Waals surface area contributed by atoms with E-state index < -0.39 is 5.54 Å². The van der Waals surface area contributed by atoms with Crippen LogP contribution in [-0.4, -0.2) is 16.0 Å². The first-order valence-corrected chi connectivity index (χ1v) is 8.34. The average Bonchev–Trinajstić information content (AvgIpc) is 2.85. The number of hydrogen-bond acceptors (Lipinski definition) is 4. The molecule has 128 valence electrons. The number of benzene rings is 3. The van der Waals surface area contributed by atoms with Crippen LogP contribution in [0.4, 0.5) is 0 Å². The van der Waals surface area contributed by atoms with Gasteiger partial charge >= 0.3 is 0 Å². The highest BCUT2D eigenvalue weighted by Crippen LogP contribution is 2.56. The number of phenolic OH excluding ortho intramolecular Hbond substituents is 1. The summed E-state index contributed by atoms with van der Waals surface area (Å²) in [5.74, 6) is 7.38. The second-order valence-corrected chi connectivity index (χ2v) is 6.71. The minimum atomic E-state index is -0.988. The van der Waals surface area contributed by atoms with Crippen LogP contribution in [0, 0.1) is 6.92 Å². The van der Waals surface area contributed by atoms with Crippen LogP contribution in [0.25, 0.3) is 0 Å². The number of phenols is 1. The number of ether oxygens (including phenoxy) is 1. The molecule has 3 aromatic rings. The van der Waals surface area contributed by atoms with E-state index in [0.717, 1.165) is 22.3 Å². The van der Waals surface area contributed by atoms with Crippen LogP contribution in [-0.2, 0) is 5.54 Å². The zero-order valence-electron chi connectivity index (χ0n) is 14.1. The Labute approximate surface area is 150 Å². The summed E-state index contributed by atoms with van der Waals surface area (Å²) >= 11 is 0. The van der Waals surface area contributed by atoms with E-state index in [0.29, 0.717) is 17.1 Å². The number of fused-ring (bicyclic) bond motifs is 6. The minimum Gasteiger partial charge on any atom is -0.508 e. The summed E-state index contributed by atoms with van der Waals surface area (Å²) in [7, 11) is 0. The Morgan fingerprint density at radius 2 is 1.65 bits per heavy atom. The Kier molecular flexibility index (Phi) is 2.80. The molecule has 0 fully saturated rings. The molecular formula is C21H16N2O3. The van der Waals surface area contributed by atoms with Crippen LogP contribution < -0.4 is 10.6 Å². The Balaban J connectivity index is 1.95. The molecule has 0 bridgehead atoms. The lowest BCUT2D eigenvalue weighted by Crippen LogP contribution is -2.51. The molecule has 5 rings (SSSR count). The predicted molar refractivity (Wildman–Crippen MR) is 96.0 cm³/mol. The Morgan fingerprint density at radius 3 is 2.46 bits per heavy atom. The van der Waals surface area contributed by atoms with Crippen LogP contribution in [0.3, 0.4) is 0 Å². The Hall–Kier alpha value is -3.31. The summed E-state index contributed by atoms with van der Waals surface area (Å²) in [6, 6.07) is 18.2. The van der Waals surface area contributed by atoms with E-state index in [-0.39, 0.29) is 11.7 Å². The fourth-order valence-electron chi connectivity index (χ4n) is 4.12. The first-order valence-electron chi connectivity index (χ1n) is 8.34. The first kappa shape index (κ1) is 15.0. The number of aromatic hydroxyl groups is 1. The highest BCUT2D eigenvalue weighted by atomic mass is 16.5. The zero-order valence-corrected chi connectivity index (χ0v) is 14.1. The first-order chi connectivity index (χ1) is 12.5. The molecular weight excluding hydrogens is 328 g/mol. The molecule has 1 amide bonds. The van der Waals surface area contributed by atoms with Crippen molar-refractivity contribution in [1.82, 2.24) is 5.01 Å². The molecule has 0 radical (unpaired) electrons. The fourth-order valence-corrected chi connectivity index (χ4v) is 4.12. The zero-order chi connectivity index (χ0) is 18.1. The summed E-state index contributed by atoms with van der Waals surface area (Å²) in [5.41, 5.74) is 2.96. The van der Waals surface area contributed by atoms with Crippen LogP contribution >= 0.6 is 0 Å². The van der Waals surface area contributed by atoms with Crippen molar-refractivity contribution in [3.05, 3.63) is 88.5 Å². The molecule has 0 saturated heterocycles. The lowest BCUT2D eigenvalue weighted by Gasteiger charge is -2.42. The van der Waals surface area contributed by atoms with Gasteiger partial charge < -0.3 is 9.84 Å². The van der Waals surface area contributed by atoms with Gasteiger partial charge in [0.2, 0.25) is 0 Å². The maximum Gasteiger partial charge on any atom is 0.269 e. The number of carbonyl (C=O) groups is 1. The second kappa shape index (κ2) is 4.86. The largest absolute Gasteiger partial charge is 0.508 e. The molecule has 26 heavy (non-hydrogen) atoms. The maximum atomic E-state index is 12.9. The predicted octanol–water partition coefficient (Wildman–Crippen LogP) is 3.43. The summed E-state index contributed by atoms with van der Waals surface area (Å²) in [5, 5.41) is 11.2. The summed E-state index contributed by atoms with van der Waals surface area (Å²) < 4.78 is 6.07. The molecule has 0 aliphatic carbocycles. The topological polar surface area (TPSA) is 75.8 Å². The van der Waals surface area contributed by atoms with E-state index in [4.69, 9.17) is 10.6 Å². The van der Waals surface area contributed by atoms with E-state index in [1.54, 1.807) is 24.3 Å². The molecule has 1 unspecified atom stereocenters. The Morgan fingerprint density at radius 1 is 0.962 bits per heavy atom. The van der Waals surface area contributed by atoms with Gasteiger partial charge in [-0.2, -0.15) is 0 Å². The smallest absolute Gasteiger partial charge is 0.269 e. The molecule has 3 N–H and O–H groups in total. The summed E-state index contributed by atoms with van der Waals surface area (Å²) in [6.45, 7) is 1.97. The van der Waals surface area contributed by atoms with Gasteiger partial charge in [0.25, 0.3) is 5.91 Å². The summed E-state index contributed by atoms with van der Waals surface area (Å²) in [4.78, 5) is 12.9. The van der Waals surface area contributed by atoms with Crippen LogP contribution in [0.2, 0.25) is 0 Å². The van der Waals surface area contributed by atoms with Gasteiger partial charge in [0.15, 0.2) is 0 Å². The SMILES string of the molecule is Cc1ccc2c(c1)Oc1cc(O)ccc1C21c2ccccc2C(=O)N1N. The van der Waals surface area contributed by atoms with Crippen molar-refractivity contribution >= 4 is 5.91 Å². The number of hydrogen-bond donors (Lipinski definition) is 2. The van der Waals surface area contributed by atoms with Gasteiger partial charge in [-0.3, -0.25) is 9.80 Å². The molecule has 1 atom stereocenters. The number of nitrogens with zero attached hydrogens (tertiary/aromatic N) is 1. The lowest BCUT2D eigenvalue weighted by molar-refractivity contribution is 0.0665. The molecule has 3 aromatic carbocycles. The van der Waals surface area contributed by atoms with Crippen molar-refractivity contribution in [2.24, 2.45) is 5.84 Å². The normalized spacial score (nSPS) is 19.8. The number of rotatable bonds is 0.